The van der Waals surface area contributed by atoms with Crippen LogP contribution in [0.15, 0.2) is 29.2 Å². The van der Waals surface area contributed by atoms with Gasteiger partial charge in [-0.1, -0.05) is 13.8 Å². The van der Waals surface area contributed by atoms with Crippen molar-refractivity contribution >= 4 is 9.84 Å². The molecule has 0 aliphatic carbocycles. The Morgan fingerprint density at radius 1 is 1.20 bits per heavy atom. The second kappa shape index (κ2) is 7.41. The summed E-state index contributed by atoms with van der Waals surface area (Å²) in [5.74, 6) is 0.661. The maximum Gasteiger partial charge on any atom is 0.179 e. The first kappa shape index (κ1) is 16.7. The van der Waals surface area contributed by atoms with Crippen molar-refractivity contribution in [3.8, 4) is 6.07 Å². The number of sulfone groups is 1. The summed E-state index contributed by atoms with van der Waals surface area (Å²) in [6.45, 7) is 6.79. The summed E-state index contributed by atoms with van der Waals surface area (Å²) in [5, 5.41) is 11.9. The smallest absolute Gasteiger partial charge is 0.179 e. The number of nitrogens with one attached hydrogen (secondary N) is 1. The van der Waals surface area contributed by atoms with E-state index < -0.39 is 9.84 Å². The van der Waals surface area contributed by atoms with Crippen LogP contribution in [-0.4, -0.2) is 26.8 Å². The normalized spacial score (nSPS) is 13.2. The van der Waals surface area contributed by atoms with Gasteiger partial charge in [0.05, 0.1) is 22.3 Å². The molecule has 1 aromatic carbocycles. The number of hydrogen-bond donors (Lipinski definition) is 1. The van der Waals surface area contributed by atoms with Crippen LogP contribution in [0.4, 0.5) is 0 Å². The van der Waals surface area contributed by atoms with E-state index in [-0.39, 0.29) is 10.6 Å². The fourth-order valence-electron chi connectivity index (χ4n) is 2.08. The van der Waals surface area contributed by atoms with Gasteiger partial charge in [0, 0.05) is 12.6 Å². The summed E-state index contributed by atoms with van der Waals surface area (Å²) in [4.78, 5) is 0.273. The highest BCUT2D eigenvalue weighted by molar-refractivity contribution is 7.91. The lowest BCUT2D eigenvalue weighted by atomic mass is 10.1. The van der Waals surface area contributed by atoms with Crippen LogP contribution >= 0.6 is 0 Å². The Morgan fingerprint density at radius 3 is 2.30 bits per heavy atom. The number of nitrogens with zero attached hydrogens (tertiary/aromatic N) is 1. The molecule has 4 nitrogen and oxygen atoms in total. The lowest BCUT2D eigenvalue weighted by Crippen LogP contribution is -2.32. The van der Waals surface area contributed by atoms with Crippen molar-refractivity contribution < 1.29 is 8.42 Å². The summed E-state index contributed by atoms with van der Waals surface area (Å²) in [7, 11) is -3.28. The maximum atomic E-state index is 12.1. The number of rotatable bonds is 7. The zero-order valence-corrected chi connectivity index (χ0v) is 13.1. The lowest BCUT2D eigenvalue weighted by Gasteiger charge is -2.15. The van der Waals surface area contributed by atoms with Crippen LogP contribution in [-0.2, 0) is 9.84 Å². The average Bonchev–Trinajstić information content (AvgIpc) is 2.37. The fraction of sp³-hybridized carbons (Fsp3) is 0.533. The van der Waals surface area contributed by atoms with E-state index in [1.54, 1.807) is 0 Å². The van der Waals surface area contributed by atoms with Crippen LogP contribution in [0.1, 0.15) is 32.8 Å². The predicted octanol–water partition coefficient (Wildman–Crippen LogP) is 2.36. The molecule has 1 unspecified atom stereocenters. The quantitative estimate of drug-likeness (QED) is 0.838. The molecule has 0 bridgehead atoms. The van der Waals surface area contributed by atoms with Crippen LogP contribution in [0, 0.1) is 17.2 Å². The molecule has 0 fully saturated rings. The van der Waals surface area contributed by atoms with Crippen molar-refractivity contribution in [1.82, 2.24) is 5.32 Å². The molecule has 0 aromatic heterocycles. The molecule has 0 spiro atoms. The Bertz CT molecular complexity index is 557. The van der Waals surface area contributed by atoms with Crippen molar-refractivity contribution in [2.24, 2.45) is 5.92 Å². The summed E-state index contributed by atoms with van der Waals surface area (Å²) >= 11 is 0. The van der Waals surface area contributed by atoms with Crippen molar-refractivity contribution in [1.29, 1.82) is 5.26 Å². The van der Waals surface area contributed by atoms with Gasteiger partial charge in [0.15, 0.2) is 9.84 Å². The average molecular weight is 294 g/mol. The van der Waals surface area contributed by atoms with Gasteiger partial charge >= 0.3 is 0 Å². The molecule has 0 amide bonds. The van der Waals surface area contributed by atoms with Crippen LogP contribution in [0.2, 0.25) is 0 Å². The second-order valence-electron chi connectivity index (χ2n) is 5.44. The van der Waals surface area contributed by atoms with Gasteiger partial charge in [0.25, 0.3) is 0 Å². The second-order valence-corrected chi connectivity index (χ2v) is 7.55. The molecule has 0 radical (unpaired) electrons. The number of benzene rings is 1. The number of nitriles is 1. The van der Waals surface area contributed by atoms with Crippen LogP contribution in [0.25, 0.3) is 0 Å². The Morgan fingerprint density at radius 2 is 1.80 bits per heavy atom. The minimum Gasteiger partial charge on any atom is -0.313 e. The zero-order valence-electron chi connectivity index (χ0n) is 12.3. The minimum absolute atomic E-state index is 0.0708. The van der Waals surface area contributed by atoms with Gasteiger partial charge in [0.1, 0.15) is 0 Å². The van der Waals surface area contributed by atoms with E-state index in [1.165, 1.54) is 24.3 Å². The molecule has 110 valence electrons. The first-order valence-electron chi connectivity index (χ1n) is 6.81. The molecule has 5 heteroatoms. The Kier molecular flexibility index (Phi) is 6.18. The molecule has 1 rings (SSSR count). The third-order valence-corrected chi connectivity index (χ3v) is 4.76. The van der Waals surface area contributed by atoms with Crippen molar-refractivity contribution in [2.75, 3.05) is 12.3 Å². The summed E-state index contributed by atoms with van der Waals surface area (Å²) in [6.07, 6.45) is 1.02. The predicted molar refractivity (Wildman–Crippen MR) is 80.1 cm³/mol. The van der Waals surface area contributed by atoms with Gasteiger partial charge in [-0.3, -0.25) is 0 Å². The van der Waals surface area contributed by atoms with Gasteiger partial charge in [-0.25, -0.2) is 8.42 Å². The molecule has 0 aliphatic rings. The van der Waals surface area contributed by atoms with Crippen LogP contribution in [0.3, 0.4) is 0 Å². The molecular formula is C15H22N2O2S. The van der Waals surface area contributed by atoms with Crippen molar-refractivity contribution in [2.45, 2.75) is 38.1 Å². The molecule has 20 heavy (non-hydrogen) atoms. The third kappa shape index (κ3) is 5.32. The molecule has 1 atom stereocenters. The van der Waals surface area contributed by atoms with Crippen molar-refractivity contribution in [3.63, 3.8) is 0 Å². The Balaban J connectivity index is 2.55. The first-order valence-corrected chi connectivity index (χ1v) is 8.46. The van der Waals surface area contributed by atoms with E-state index in [2.05, 4.69) is 26.1 Å². The standard InChI is InChI=1S/C15H22N2O2S/c1-12(2)10-13(3)17-8-9-20(18,19)15-6-4-14(11-16)5-7-15/h4-7,12-13,17H,8-10H2,1-3H3. The molecule has 1 N–H and O–H groups in total. The largest absolute Gasteiger partial charge is 0.313 e. The van der Waals surface area contributed by atoms with E-state index in [0.717, 1.165) is 6.42 Å². The molecule has 0 aliphatic heterocycles. The zero-order chi connectivity index (χ0) is 15.2. The topological polar surface area (TPSA) is 70.0 Å². The van der Waals surface area contributed by atoms with Crippen molar-refractivity contribution in [3.05, 3.63) is 29.8 Å². The number of hydrogen-bond acceptors (Lipinski definition) is 4. The highest BCUT2D eigenvalue weighted by Crippen LogP contribution is 2.12. The molecular weight excluding hydrogens is 272 g/mol. The molecule has 0 saturated carbocycles. The monoisotopic (exact) mass is 294 g/mol. The summed E-state index contributed by atoms with van der Waals surface area (Å²) < 4.78 is 24.2. The lowest BCUT2D eigenvalue weighted by molar-refractivity contribution is 0.451. The van der Waals surface area contributed by atoms with Gasteiger partial charge < -0.3 is 5.32 Å². The van der Waals surface area contributed by atoms with E-state index in [4.69, 9.17) is 5.26 Å². The Hall–Kier alpha value is -1.38. The molecule has 0 heterocycles. The van der Waals surface area contributed by atoms with Crippen LogP contribution in [0.5, 0.6) is 0 Å². The summed E-state index contributed by atoms with van der Waals surface area (Å²) in [5.41, 5.74) is 0.465. The SMILES string of the molecule is CC(C)CC(C)NCCS(=O)(=O)c1ccc(C#N)cc1. The van der Waals surface area contributed by atoms with Gasteiger partial charge in [-0.05, 0) is 43.5 Å². The van der Waals surface area contributed by atoms with E-state index in [9.17, 15) is 8.42 Å². The van der Waals surface area contributed by atoms with Gasteiger partial charge in [-0.2, -0.15) is 5.26 Å². The minimum atomic E-state index is -3.28. The molecule has 1 aromatic rings. The summed E-state index contributed by atoms with van der Waals surface area (Å²) in [6, 6.07) is 8.33. The maximum absolute atomic E-state index is 12.1. The highest BCUT2D eigenvalue weighted by atomic mass is 32.2. The van der Waals surface area contributed by atoms with Crippen LogP contribution < -0.4 is 5.32 Å². The first-order chi connectivity index (χ1) is 9.35. The Labute approximate surface area is 121 Å². The van der Waals surface area contributed by atoms with E-state index >= 15 is 0 Å². The van der Waals surface area contributed by atoms with Gasteiger partial charge in [0.2, 0.25) is 0 Å². The van der Waals surface area contributed by atoms with Gasteiger partial charge in [-0.15, -0.1) is 0 Å². The highest BCUT2D eigenvalue weighted by Gasteiger charge is 2.14. The fourth-order valence-corrected chi connectivity index (χ4v) is 3.26. The van der Waals surface area contributed by atoms with E-state index in [0.29, 0.717) is 24.1 Å². The molecule has 0 saturated heterocycles. The third-order valence-electron chi connectivity index (χ3n) is 3.03. The van der Waals surface area contributed by atoms with E-state index in [1.807, 2.05) is 6.07 Å².